The van der Waals surface area contributed by atoms with E-state index in [1.165, 1.54) is 18.2 Å². The number of benzene rings is 1. The van der Waals surface area contributed by atoms with Crippen molar-refractivity contribution < 1.29 is 47.4 Å². The second kappa shape index (κ2) is 10.5. The van der Waals surface area contributed by atoms with Crippen LogP contribution in [0.15, 0.2) is 41.3 Å². The largest absolute Gasteiger partial charge is 0.460 e. The fraction of sp³-hybridized carbons (Fsp3) is 0.676. The van der Waals surface area contributed by atoms with Crippen LogP contribution >= 0.6 is 0 Å². The lowest BCUT2D eigenvalue weighted by Gasteiger charge is -2.73. The van der Waals surface area contributed by atoms with Crippen molar-refractivity contribution in [2.75, 3.05) is 12.4 Å². The summed E-state index contributed by atoms with van der Waals surface area (Å²) in [5.41, 5.74) is -3.90. The van der Waals surface area contributed by atoms with E-state index in [-0.39, 0.29) is 41.0 Å². The Bertz CT molecular complexity index is 1700. The molecule has 0 radical (unpaired) electrons. The fourth-order valence-electron chi connectivity index (χ4n) is 10.8. The number of nitro groups is 1. The van der Waals surface area contributed by atoms with Gasteiger partial charge < -0.3 is 19.7 Å². The Morgan fingerprint density at radius 3 is 2.49 bits per heavy atom. The number of esters is 1. The summed E-state index contributed by atoms with van der Waals surface area (Å²) in [5.74, 6) is -6.79. The third-order valence-corrected chi connectivity index (χ3v) is 14.8. The topological polar surface area (TPSA) is 187 Å². The average Bonchev–Trinajstić information content (AvgIpc) is 3.14. The second-order valence-corrected chi connectivity index (χ2v) is 17.4. The molecule has 0 aromatic heterocycles. The van der Waals surface area contributed by atoms with Crippen molar-refractivity contribution in [2.24, 2.45) is 45.8 Å². The molecule has 8 rings (SSSR count). The molecule has 0 amide bonds. The monoisotopic (exact) mass is 671 g/mol. The van der Waals surface area contributed by atoms with Gasteiger partial charge in [0.2, 0.25) is 5.79 Å². The Morgan fingerprint density at radius 1 is 1.13 bits per heavy atom. The smallest absolute Gasteiger partial charge is 0.309 e. The van der Waals surface area contributed by atoms with Crippen LogP contribution in [0.3, 0.4) is 0 Å². The number of ketones is 2. The van der Waals surface area contributed by atoms with Gasteiger partial charge in [0.1, 0.15) is 28.3 Å². The molecule has 2 spiro atoms. The van der Waals surface area contributed by atoms with E-state index in [2.05, 4.69) is 6.58 Å². The Morgan fingerprint density at radius 2 is 1.81 bits per heavy atom. The number of Topliss-reactive ketones (excluding diaryl/α,β-unsaturated/α-hetero) is 2. The quantitative estimate of drug-likeness (QED) is 0.195. The van der Waals surface area contributed by atoms with Gasteiger partial charge in [0, 0.05) is 24.3 Å². The lowest BCUT2D eigenvalue weighted by Crippen LogP contribution is -2.85. The summed E-state index contributed by atoms with van der Waals surface area (Å²) in [5, 5.41) is 35.6. The molecular weight excluding hydrogens is 630 g/mol. The van der Waals surface area contributed by atoms with Crippen molar-refractivity contribution in [2.45, 2.75) is 88.1 Å². The van der Waals surface area contributed by atoms with Crippen LogP contribution in [0, 0.1) is 55.9 Å². The summed E-state index contributed by atoms with van der Waals surface area (Å²) in [6, 6.07) is 5.24. The van der Waals surface area contributed by atoms with Crippen LogP contribution < -0.4 is 0 Å². The molecule has 5 saturated carbocycles. The fourth-order valence-corrected chi connectivity index (χ4v) is 12.7. The minimum Gasteiger partial charge on any atom is -0.460 e. The summed E-state index contributed by atoms with van der Waals surface area (Å²) in [6.45, 7) is 7.85. The molecule has 1 aromatic carbocycles. The predicted octanol–water partition coefficient (Wildman–Crippen LogP) is 3.32. The minimum atomic E-state index is -3.97. The number of nitro benzene ring substituents is 1. The normalized spacial score (nSPS) is 42.0. The second-order valence-electron chi connectivity index (χ2n) is 15.4. The Balaban J connectivity index is 1.13. The minimum absolute atomic E-state index is 0.102. The van der Waals surface area contributed by atoms with Crippen LogP contribution in [0.1, 0.15) is 65.2 Å². The number of carbonyl (C=O) groups is 3. The van der Waals surface area contributed by atoms with E-state index in [1.807, 2.05) is 13.8 Å². The molecule has 7 fully saturated rings. The van der Waals surface area contributed by atoms with E-state index >= 15 is 0 Å². The van der Waals surface area contributed by atoms with Crippen molar-refractivity contribution in [3.8, 4) is 0 Å². The number of fused-ring (bicyclic) bond motifs is 2. The molecule has 13 heteroatoms. The number of aliphatic hydroxyl groups excluding tert-OH is 1. The SMILES string of the molecule is C=C1C(=O)[C@]23[C@H](OC(=O)C4CCC(CS(=O)(=O)c5ccccc5[N+](=O)[O-])CC4)[C@H]1CC[C@H]2[C@@]12CO[C@@]3(O)[C@@H](O)[C@@H]1C(C)(C)CCC2=O. The predicted molar refractivity (Wildman–Crippen MR) is 164 cm³/mol. The lowest BCUT2D eigenvalue weighted by molar-refractivity contribution is -0.437. The number of ether oxygens (including phenoxy) is 2. The van der Waals surface area contributed by atoms with Gasteiger partial charge in [0.15, 0.2) is 15.6 Å². The zero-order chi connectivity index (χ0) is 33.9. The Kier molecular flexibility index (Phi) is 7.27. The highest BCUT2D eigenvalue weighted by Crippen LogP contribution is 2.76. The third-order valence-electron chi connectivity index (χ3n) is 12.9. The van der Waals surface area contributed by atoms with Gasteiger partial charge in [-0.25, -0.2) is 8.42 Å². The highest BCUT2D eigenvalue weighted by molar-refractivity contribution is 7.91. The van der Waals surface area contributed by atoms with Gasteiger partial charge in [0.25, 0.3) is 5.69 Å². The maximum atomic E-state index is 14.3. The summed E-state index contributed by atoms with van der Waals surface area (Å²) in [7, 11) is -3.97. The molecule has 47 heavy (non-hydrogen) atoms. The van der Waals surface area contributed by atoms with Crippen LogP contribution in [-0.2, 0) is 33.7 Å². The first-order valence-corrected chi connectivity index (χ1v) is 18.2. The van der Waals surface area contributed by atoms with Gasteiger partial charge >= 0.3 is 5.97 Å². The summed E-state index contributed by atoms with van der Waals surface area (Å²) in [6.07, 6.45) is 0.227. The molecule has 2 N–H and O–H groups in total. The molecule has 12 nitrogen and oxygen atoms in total. The van der Waals surface area contributed by atoms with Crippen LogP contribution in [-0.4, -0.2) is 71.4 Å². The molecular formula is C34H41NO11S. The number of nitrogens with zero attached hydrogens (tertiary/aromatic N) is 1. The Labute approximate surface area is 273 Å². The summed E-state index contributed by atoms with van der Waals surface area (Å²) < 4.78 is 38.5. The number of aliphatic hydroxyl groups is 2. The first kappa shape index (κ1) is 32.5. The van der Waals surface area contributed by atoms with E-state index in [0.717, 1.165) is 6.07 Å². The van der Waals surface area contributed by atoms with Crippen molar-refractivity contribution in [1.29, 1.82) is 0 Å². The molecule has 5 aliphatic carbocycles. The van der Waals surface area contributed by atoms with E-state index in [0.29, 0.717) is 44.9 Å². The maximum absolute atomic E-state index is 14.3. The number of para-hydroxylation sites is 1. The third kappa shape index (κ3) is 4.15. The molecule has 2 aliphatic heterocycles. The van der Waals surface area contributed by atoms with Crippen LogP contribution in [0.5, 0.6) is 0 Å². The van der Waals surface area contributed by atoms with E-state index < -0.39 is 90.1 Å². The lowest BCUT2D eigenvalue weighted by atomic mass is 9.36. The standard InChI is InChI=1S/C34H41NO11S/c1-18-21-12-13-24-32-17-45-34(40,28(38)26(32)31(2,3)15-14-25(32)36)33(24,27(18)37)29(21)46-30(39)20-10-8-19(9-11-20)16-47(43,44)23-7-5-4-6-22(23)35(41)42/h4-7,19-21,24,26,28-29,38,40H,1,8-17H2,2-3H3/t19?,20?,21-,24-,26+,28-,29+,32+,33-,34-/m0/s1. The van der Waals surface area contributed by atoms with Gasteiger partial charge in [-0.2, -0.15) is 0 Å². The highest BCUT2D eigenvalue weighted by Gasteiger charge is 2.88. The zero-order valence-corrected chi connectivity index (χ0v) is 27.4. The number of hydrogen-bond donors (Lipinski definition) is 2. The molecule has 254 valence electrons. The number of rotatable bonds is 6. The van der Waals surface area contributed by atoms with Crippen LogP contribution in [0.2, 0.25) is 0 Å². The molecule has 1 aromatic rings. The molecule has 7 aliphatic rings. The zero-order valence-electron chi connectivity index (χ0n) is 26.6. The van der Waals surface area contributed by atoms with Gasteiger partial charge in [-0.05, 0) is 73.8 Å². The molecule has 4 bridgehead atoms. The molecule has 2 heterocycles. The molecule has 8 atom stereocenters. The highest BCUT2D eigenvalue weighted by atomic mass is 32.2. The van der Waals surface area contributed by atoms with Crippen molar-refractivity contribution in [3.63, 3.8) is 0 Å². The Hall–Kier alpha value is -3.00. The average molecular weight is 672 g/mol. The summed E-state index contributed by atoms with van der Waals surface area (Å²) in [4.78, 5) is 52.4. The van der Waals surface area contributed by atoms with Crippen LogP contribution in [0.25, 0.3) is 0 Å². The maximum Gasteiger partial charge on any atom is 0.309 e. The van der Waals surface area contributed by atoms with Gasteiger partial charge in [-0.1, -0.05) is 32.6 Å². The van der Waals surface area contributed by atoms with Gasteiger partial charge in [-0.3, -0.25) is 24.5 Å². The first-order chi connectivity index (χ1) is 22.0. The number of sulfone groups is 1. The molecule has 0 unspecified atom stereocenters. The first-order valence-electron chi connectivity index (χ1n) is 16.5. The van der Waals surface area contributed by atoms with Crippen molar-refractivity contribution in [3.05, 3.63) is 46.5 Å². The van der Waals surface area contributed by atoms with Crippen molar-refractivity contribution >= 4 is 33.1 Å². The number of hydrogen-bond acceptors (Lipinski definition) is 11. The van der Waals surface area contributed by atoms with Gasteiger partial charge in [-0.15, -0.1) is 0 Å². The molecule has 2 saturated heterocycles. The van der Waals surface area contributed by atoms with E-state index in [9.17, 15) is 43.1 Å². The number of carbonyl (C=O) groups excluding carboxylic acids is 3. The van der Waals surface area contributed by atoms with Gasteiger partial charge in [0.05, 0.1) is 28.6 Å². The van der Waals surface area contributed by atoms with Crippen molar-refractivity contribution in [1.82, 2.24) is 0 Å². The van der Waals surface area contributed by atoms with E-state index in [1.54, 1.807) is 0 Å². The summed E-state index contributed by atoms with van der Waals surface area (Å²) >= 11 is 0. The van der Waals surface area contributed by atoms with Crippen LogP contribution in [0.4, 0.5) is 5.69 Å². The van der Waals surface area contributed by atoms with E-state index in [4.69, 9.17) is 9.47 Å².